The minimum Gasteiger partial charge on any atom is -0.326 e. The molecular weight excluding hydrogens is 212 g/mol. The van der Waals surface area contributed by atoms with Crippen LogP contribution in [-0.2, 0) is 11.2 Å². The first-order valence-electron chi connectivity index (χ1n) is 5.96. The molecule has 1 aromatic rings. The van der Waals surface area contributed by atoms with Crippen molar-refractivity contribution in [2.45, 2.75) is 41.0 Å². The summed E-state index contributed by atoms with van der Waals surface area (Å²) in [4.78, 5) is 10.8. The van der Waals surface area contributed by atoms with Crippen molar-refractivity contribution in [3.8, 4) is 0 Å². The predicted octanol–water partition coefficient (Wildman–Crippen LogP) is 3.89. The Balaban J connectivity index is 0. The van der Waals surface area contributed by atoms with E-state index >= 15 is 0 Å². The van der Waals surface area contributed by atoms with Gasteiger partial charge >= 0.3 is 0 Å². The third-order valence-corrected chi connectivity index (χ3v) is 1.71. The highest BCUT2D eigenvalue weighted by molar-refractivity contribution is 5.89. The van der Waals surface area contributed by atoms with Gasteiger partial charge in [-0.15, -0.1) is 0 Å². The van der Waals surface area contributed by atoms with E-state index in [1.165, 1.54) is 18.7 Å². The third-order valence-electron chi connectivity index (χ3n) is 1.71. The van der Waals surface area contributed by atoms with E-state index in [1.54, 1.807) is 6.92 Å². The summed E-state index contributed by atoms with van der Waals surface area (Å²) in [6, 6.07) is 7.83. The summed E-state index contributed by atoms with van der Waals surface area (Å²) in [5, 5.41) is 8.87. The average Bonchev–Trinajstić information content (AvgIpc) is 2.33. The van der Waals surface area contributed by atoms with Crippen LogP contribution in [0, 0.1) is 5.41 Å². The van der Waals surface area contributed by atoms with Crippen LogP contribution in [0.2, 0.25) is 0 Å². The number of aryl methyl sites for hydroxylation is 1. The van der Waals surface area contributed by atoms with Crippen LogP contribution in [0.5, 0.6) is 0 Å². The van der Waals surface area contributed by atoms with Gasteiger partial charge in [0.1, 0.15) is 0 Å². The monoisotopic (exact) mass is 236 g/mol. The molecule has 0 aliphatic rings. The van der Waals surface area contributed by atoms with Crippen molar-refractivity contribution >= 4 is 17.8 Å². The lowest BCUT2D eigenvalue weighted by Gasteiger charge is -2.06. The van der Waals surface area contributed by atoms with Crippen LogP contribution < -0.4 is 5.32 Å². The fourth-order valence-electron chi connectivity index (χ4n) is 1.14. The second kappa shape index (κ2) is 12.4. The number of hydrogen-bond acceptors (Lipinski definition) is 2. The Bertz CT molecular complexity index is 322. The first kappa shape index (κ1) is 17.7. The lowest BCUT2D eigenvalue weighted by molar-refractivity contribution is -0.114. The standard InChI is InChI=1S/C10H13NO.C2H5N.C2H6/c1-3-9-6-4-5-7-10(9)11-8(2)12;1-2-3;1-2/h4-7H,3H2,1-2H3,(H,11,12);2-3H,1H3;1-2H3. The summed E-state index contributed by atoms with van der Waals surface area (Å²) >= 11 is 0. The molecule has 3 heteroatoms. The molecule has 0 aromatic heterocycles. The van der Waals surface area contributed by atoms with E-state index in [4.69, 9.17) is 5.41 Å². The molecule has 96 valence electrons. The van der Waals surface area contributed by atoms with Crippen molar-refractivity contribution in [3.05, 3.63) is 29.8 Å². The molecule has 0 saturated carbocycles. The molecule has 1 rings (SSSR count). The van der Waals surface area contributed by atoms with E-state index in [1.807, 2.05) is 38.1 Å². The summed E-state index contributed by atoms with van der Waals surface area (Å²) in [6.07, 6.45) is 2.19. The lowest BCUT2D eigenvalue weighted by Crippen LogP contribution is -2.07. The van der Waals surface area contributed by atoms with Crippen LogP contribution in [0.3, 0.4) is 0 Å². The van der Waals surface area contributed by atoms with E-state index < -0.39 is 0 Å². The van der Waals surface area contributed by atoms with Crippen molar-refractivity contribution in [2.75, 3.05) is 5.32 Å². The van der Waals surface area contributed by atoms with Gasteiger partial charge in [-0.2, -0.15) is 0 Å². The lowest BCUT2D eigenvalue weighted by atomic mass is 10.1. The number of nitrogens with one attached hydrogen (secondary N) is 2. The highest BCUT2D eigenvalue weighted by Gasteiger charge is 1.99. The summed E-state index contributed by atoms with van der Waals surface area (Å²) in [5.41, 5.74) is 2.10. The van der Waals surface area contributed by atoms with E-state index in [2.05, 4.69) is 12.2 Å². The first-order chi connectivity index (χ1) is 8.15. The highest BCUT2D eigenvalue weighted by atomic mass is 16.1. The maximum absolute atomic E-state index is 10.8. The second-order valence-corrected chi connectivity index (χ2v) is 2.98. The molecule has 17 heavy (non-hydrogen) atoms. The van der Waals surface area contributed by atoms with E-state index in [9.17, 15) is 4.79 Å². The molecule has 3 nitrogen and oxygen atoms in total. The average molecular weight is 236 g/mol. The molecule has 0 saturated heterocycles. The summed E-state index contributed by atoms with van der Waals surface area (Å²) in [5.74, 6) is -0.0177. The predicted molar refractivity (Wildman–Crippen MR) is 75.9 cm³/mol. The molecule has 0 aliphatic heterocycles. The topological polar surface area (TPSA) is 53.0 Å². The number of anilines is 1. The molecule has 0 radical (unpaired) electrons. The largest absolute Gasteiger partial charge is 0.326 e. The van der Waals surface area contributed by atoms with Gasteiger partial charge in [0.05, 0.1) is 0 Å². The van der Waals surface area contributed by atoms with Crippen molar-refractivity contribution in [1.29, 1.82) is 5.41 Å². The fraction of sp³-hybridized carbons (Fsp3) is 0.429. The molecule has 2 N–H and O–H groups in total. The molecular formula is C14H24N2O. The zero-order valence-electron chi connectivity index (χ0n) is 11.5. The number of hydrogen-bond donors (Lipinski definition) is 2. The minimum atomic E-state index is -0.0177. The zero-order valence-corrected chi connectivity index (χ0v) is 11.5. The maximum Gasteiger partial charge on any atom is 0.221 e. The highest BCUT2D eigenvalue weighted by Crippen LogP contribution is 2.14. The van der Waals surface area contributed by atoms with Crippen molar-refractivity contribution < 1.29 is 4.79 Å². The number of amides is 1. The number of para-hydroxylation sites is 1. The van der Waals surface area contributed by atoms with Crippen LogP contribution in [0.4, 0.5) is 5.69 Å². The number of rotatable bonds is 2. The second-order valence-electron chi connectivity index (χ2n) is 2.98. The van der Waals surface area contributed by atoms with Gasteiger partial charge in [-0.25, -0.2) is 0 Å². The molecule has 0 fully saturated rings. The molecule has 0 spiro atoms. The molecule has 0 bridgehead atoms. The summed E-state index contributed by atoms with van der Waals surface area (Å²) in [7, 11) is 0. The van der Waals surface area contributed by atoms with E-state index in [-0.39, 0.29) is 5.91 Å². The van der Waals surface area contributed by atoms with Crippen molar-refractivity contribution in [1.82, 2.24) is 0 Å². The molecule has 1 aromatic carbocycles. The van der Waals surface area contributed by atoms with Gasteiger partial charge in [0.15, 0.2) is 0 Å². The Morgan fingerprint density at radius 1 is 1.35 bits per heavy atom. The molecule has 0 aliphatic carbocycles. The summed E-state index contributed by atoms with van der Waals surface area (Å²) in [6.45, 7) is 9.26. The van der Waals surface area contributed by atoms with Gasteiger partial charge in [0.2, 0.25) is 5.91 Å². The van der Waals surface area contributed by atoms with Crippen molar-refractivity contribution in [2.24, 2.45) is 0 Å². The van der Waals surface area contributed by atoms with Crippen LogP contribution in [0.25, 0.3) is 0 Å². The molecule has 0 unspecified atom stereocenters. The number of carbonyl (C=O) groups excluding carboxylic acids is 1. The zero-order chi connectivity index (χ0) is 13.7. The quantitative estimate of drug-likeness (QED) is 0.752. The van der Waals surface area contributed by atoms with Gasteiger partial charge in [-0.05, 0) is 31.2 Å². The molecule has 0 atom stereocenters. The maximum atomic E-state index is 10.8. The molecule has 0 heterocycles. The fourth-order valence-corrected chi connectivity index (χ4v) is 1.14. The SMILES string of the molecule is CC.CC=N.CCc1ccccc1NC(C)=O. The Morgan fingerprint density at radius 3 is 2.24 bits per heavy atom. The van der Waals surface area contributed by atoms with E-state index in [0.717, 1.165) is 12.1 Å². The Morgan fingerprint density at radius 2 is 1.82 bits per heavy atom. The minimum absolute atomic E-state index is 0.0177. The normalized spacial score (nSPS) is 7.82. The van der Waals surface area contributed by atoms with Gasteiger partial charge < -0.3 is 10.7 Å². The van der Waals surface area contributed by atoms with Crippen LogP contribution in [-0.4, -0.2) is 12.1 Å². The van der Waals surface area contributed by atoms with E-state index in [0.29, 0.717) is 0 Å². The van der Waals surface area contributed by atoms with Crippen molar-refractivity contribution in [3.63, 3.8) is 0 Å². The van der Waals surface area contributed by atoms with Gasteiger partial charge in [0, 0.05) is 12.6 Å². The number of carbonyl (C=O) groups is 1. The smallest absolute Gasteiger partial charge is 0.221 e. The van der Waals surface area contributed by atoms with Crippen LogP contribution >= 0.6 is 0 Å². The Hall–Kier alpha value is -1.64. The number of benzene rings is 1. The van der Waals surface area contributed by atoms with Gasteiger partial charge in [-0.3, -0.25) is 4.79 Å². The Kier molecular flexibility index (Phi) is 13.0. The Labute approximate surface area is 105 Å². The summed E-state index contributed by atoms with van der Waals surface area (Å²) < 4.78 is 0. The van der Waals surface area contributed by atoms with Crippen LogP contribution in [0.1, 0.15) is 40.2 Å². The molecule has 1 amide bonds. The first-order valence-corrected chi connectivity index (χ1v) is 5.96. The third kappa shape index (κ3) is 9.30. The van der Waals surface area contributed by atoms with Crippen LogP contribution in [0.15, 0.2) is 24.3 Å². The van der Waals surface area contributed by atoms with Gasteiger partial charge in [0.25, 0.3) is 0 Å². The van der Waals surface area contributed by atoms with Gasteiger partial charge in [-0.1, -0.05) is 39.0 Å².